The van der Waals surface area contributed by atoms with Crippen LogP contribution in [0, 0.1) is 11.8 Å². The van der Waals surface area contributed by atoms with Crippen LogP contribution in [0.3, 0.4) is 0 Å². The van der Waals surface area contributed by atoms with Crippen LogP contribution in [0.25, 0.3) is 0 Å². The van der Waals surface area contributed by atoms with Crippen LogP contribution >= 0.6 is 0 Å². The quantitative estimate of drug-likeness (QED) is 0.818. The van der Waals surface area contributed by atoms with Crippen LogP contribution in [-0.2, 0) is 22.4 Å². The number of phenols is 1. The minimum atomic E-state index is -0.247. The first kappa shape index (κ1) is 17.1. The molecular formula is C20H22O5. The van der Waals surface area contributed by atoms with Gasteiger partial charge in [0.1, 0.15) is 5.75 Å². The monoisotopic (exact) mass is 342 g/mol. The molecule has 0 aromatic heterocycles. The molecule has 3 rings (SSSR count). The predicted molar refractivity (Wildman–Crippen MR) is 93.0 cm³/mol. The third kappa shape index (κ3) is 3.71. The fourth-order valence-electron chi connectivity index (χ4n) is 3.39. The second kappa shape index (κ2) is 7.47. The van der Waals surface area contributed by atoms with E-state index in [-0.39, 0.29) is 23.6 Å². The van der Waals surface area contributed by atoms with E-state index >= 15 is 0 Å². The van der Waals surface area contributed by atoms with Gasteiger partial charge in [-0.05, 0) is 42.2 Å². The van der Waals surface area contributed by atoms with E-state index in [1.165, 1.54) is 0 Å². The van der Waals surface area contributed by atoms with Crippen molar-refractivity contribution in [2.24, 2.45) is 11.8 Å². The molecule has 1 heterocycles. The highest BCUT2D eigenvalue weighted by atomic mass is 16.5. The Bertz CT molecular complexity index is 756. The van der Waals surface area contributed by atoms with Crippen molar-refractivity contribution in [1.82, 2.24) is 0 Å². The van der Waals surface area contributed by atoms with Gasteiger partial charge in [0.2, 0.25) is 0 Å². The Hall–Kier alpha value is -2.69. The van der Waals surface area contributed by atoms with Gasteiger partial charge in [0.15, 0.2) is 11.5 Å². The van der Waals surface area contributed by atoms with E-state index in [9.17, 15) is 9.90 Å². The summed E-state index contributed by atoms with van der Waals surface area (Å²) in [6.07, 6.45) is 1.21. The van der Waals surface area contributed by atoms with Gasteiger partial charge in [0, 0.05) is 5.92 Å². The number of rotatable bonds is 6. The highest BCUT2D eigenvalue weighted by Gasteiger charge is 2.37. The molecule has 25 heavy (non-hydrogen) atoms. The number of ether oxygens (including phenoxy) is 3. The van der Waals surface area contributed by atoms with Crippen molar-refractivity contribution in [3.05, 3.63) is 53.6 Å². The molecule has 5 heteroatoms. The number of carbonyl (C=O) groups excluding carboxylic acids is 1. The van der Waals surface area contributed by atoms with Crippen molar-refractivity contribution in [3.63, 3.8) is 0 Å². The minimum Gasteiger partial charge on any atom is -0.508 e. The van der Waals surface area contributed by atoms with E-state index < -0.39 is 0 Å². The van der Waals surface area contributed by atoms with Crippen molar-refractivity contribution in [2.45, 2.75) is 12.8 Å². The van der Waals surface area contributed by atoms with Crippen molar-refractivity contribution in [1.29, 1.82) is 0 Å². The van der Waals surface area contributed by atoms with Crippen LogP contribution in [0.2, 0.25) is 0 Å². The molecule has 0 radical (unpaired) electrons. The number of esters is 1. The van der Waals surface area contributed by atoms with Gasteiger partial charge in [-0.25, -0.2) is 0 Å². The summed E-state index contributed by atoms with van der Waals surface area (Å²) in [6, 6.07) is 12.8. The molecule has 2 atom stereocenters. The third-order valence-corrected chi connectivity index (χ3v) is 4.64. The molecule has 1 aliphatic rings. The minimum absolute atomic E-state index is 0.0604. The van der Waals surface area contributed by atoms with Crippen molar-refractivity contribution in [3.8, 4) is 17.2 Å². The number of hydrogen-bond acceptors (Lipinski definition) is 5. The van der Waals surface area contributed by atoms with Crippen LogP contribution in [0.4, 0.5) is 0 Å². The van der Waals surface area contributed by atoms with Gasteiger partial charge in [-0.2, -0.15) is 0 Å². The molecule has 1 aliphatic heterocycles. The summed E-state index contributed by atoms with van der Waals surface area (Å²) in [7, 11) is 3.19. The van der Waals surface area contributed by atoms with E-state index in [2.05, 4.69) is 0 Å². The molecule has 1 saturated heterocycles. The Morgan fingerprint density at radius 1 is 1.12 bits per heavy atom. The Balaban J connectivity index is 1.81. The number of aromatic hydroxyl groups is 1. The van der Waals surface area contributed by atoms with Crippen LogP contribution in [0.1, 0.15) is 11.1 Å². The predicted octanol–water partition coefficient (Wildman–Crippen LogP) is 2.98. The summed E-state index contributed by atoms with van der Waals surface area (Å²) in [5, 5.41) is 9.64. The van der Waals surface area contributed by atoms with E-state index in [0.29, 0.717) is 30.9 Å². The molecule has 132 valence electrons. The van der Waals surface area contributed by atoms with E-state index in [1.54, 1.807) is 26.4 Å². The standard InChI is InChI=1S/C20H22O5/c1-23-18-8-4-6-14(19(18)24-2)11-17-15(12-25-20(17)22)9-13-5-3-7-16(21)10-13/h3-8,10,15,17,21H,9,11-12H2,1-2H3/t15-,17+/m0/s1. The molecular weight excluding hydrogens is 320 g/mol. The van der Waals surface area contributed by atoms with Crippen molar-refractivity contribution in [2.75, 3.05) is 20.8 Å². The van der Waals surface area contributed by atoms with Crippen molar-refractivity contribution >= 4 is 5.97 Å². The molecule has 1 fully saturated rings. The number of carbonyl (C=O) groups is 1. The molecule has 0 unspecified atom stereocenters. The smallest absolute Gasteiger partial charge is 0.309 e. The zero-order chi connectivity index (χ0) is 17.8. The van der Waals surface area contributed by atoms with E-state index in [1.807, 2.05) is 30.3 Å². The highest BCUT2D eigenvalue weighted by molar-refractivity contribution is 5.75. The number of cyclic esters (lactones) is 1. The molecule has 2 aromatic carbocycles. The average Bonchev–Trinajstić information content (AvgIpc) is 2.95. The van der Waals surface area contributed by atoms with E-state index in [0.717, 1.165) is 11.1 Å². The van der Waals surface area contributed by atoms with Crippen LogP contribution in [0.5, 0.6) is 17.2 Å². The summed E-state index contributed by atoms with van der Waals surface area (Å²) in [5.41, 5.74) is 1.91. The molecule has 5 nitrogen and oxygen atoms in total. The second-order valence-corrected chi connectivity index (χ2v) is 6.23. The summed E-state index contributed by atoms with van der Waals surface area (Å²) in [4.78, 5) is 12.3. The SMILES string of the molecule is COc1cccc(C[C@H]2C(=O)OC[C@@H]2Cc2cccc(O)c2)c1OC. The fraction of sp³-hybridized carbons (Fsp3) is 0.350. The van der Waals surface area contributed by atoms with Crippen LogP contribution in [-0.4, -0.2) is 31.9 Å². The lowest BCUT2D eigenvalue weighted by molar-refractivity contribution is -0.141. The number of phenolic OH excluding ortho intramolecular Hbond substituents is 1. The zero-order valence-corrected chi connectivity index (χ0v) is 14.4. The van der Waals surface area contributed by atoms with Gasteiger partial charge in [0.05, 0.1) is 26.7 Å². The molecule has 2 aromatic rings. The van der Waals surface area contributed by atoms with Gasteiger partial charge >= 0.3 is 5.97 Å². The molecule has 0 amide bonds. The van der Waals surface area contributed by atoms with E-state index in [4.69, 9.17) is 14.2 Å². The first-order valence-corrected chi connectivity index (χ1v) is 8.26. The molecule has 0 spiro atoms. The number of benzene rings is 2. The summed E-state index contributed by atoms with van der Waals surface area (Å²) in [6.45, 7) is 0.394. The Labute approximate surface area is 147 Å². The van der Waals surface area contributed by atoms with Gasteiger partial charge in [-0.1, -0.05) is 24.3 Å². The summed E-state index contributed by atoms with van der Waals surface area (Å²) >= 11 is 0. The lowest BCUT2D eigenvalue weighted by atomic mass is 9.84. The molecule has 1 N–H and O–H groups in total. The Morgan fingerprint density at radius 2 is 1.92 bits per heavy atom. The summed E-state index contributed by atoms with van der Waals surface area (Å²) in [5.74, 6) is 1.16. The lowest BCUT2D eigenvalue weighted by Gasteiger charge is -2.18. The average molecular weight is 342 g/mol. The zero-order valence-electron chi connectivity index (χ0n) is 14.4. The number of methoxy groups -OCH3 is 2. The van der Waals surface area contributed by atoms with Gasteiger partial charge in [-0.15, -0.1) is 0 Å². The molecule has 0 bridgehead atoms. The second-order valence-electron chi connectivity index (χ2n) is 6.23. The first-order chi connectivity index (χ1) is 12.1. The van der Waals surface area contributed by atoms with Crippen molar-refractivity contribution < 1.29 is 24.1 Å². The normalized spacial score (nSPS) is 19.5. The van der Waals surface area contributed by atoms with Gasteiger partial charge in [0.25, 0.3) is 0 Å². The maximum atomic E-state index is 12.3. The lowest BCUT2D eigenvalue weighted by Crippen LogP contribution is -2.21. The van der Waals surface area contributed by atoms with Gasteiger partial charge in [-0.3, -0.25) is 4.79 Å². The Morgan fingerprint density at radius 3 is 2.64 bits per heavy atom. The highest BCUT2D eigenvalue weighted by Crippen LogP contribution is 2.36. The fourth-order valence-corrected chi connectivity index (χ4v) is 3.39. The number of para-hydroxylation sites is 1. The summed E-state index contributed by atoms with van der Waals surface area (Å²) < 4.78 is 16.1. The molecule has 0 aliphatic carbocycles. The van der Waals surface area contributed by atoms with Crippen LogP contribution < -0.4 is 9.47 Å². The molecule has 0 saturated carbocycles. The largest absolute Gasteiger partial charge is 0.508 e. The van der Waals surface area contributed by atoms with Gasteiger partial charge < -0.3 is 19.3 Å². The topological polar surface area (TPSA) is 65.0 Å². The third-order valence-electron chi connectivity index (χ3n) is 4.64. The number of hydrogen-bond donors (Lipinski definition) is 1. The maximum Gasteiger partial charge on any atom is 0.309 e. The Kier molecular flexibility index (Phi) is 5.12. The maximum absolute atomic E-state index is 12.3. The van der Waals surface area contributed by atoms with Crippen LogP contribution in [0.15, 0.2) is 42.5 Å². The first-order valence-electron chi connectivity index (χ1n) is 8.26.